The van der Waals surface area contributed by atoms with E-state index in [1.54, 1.807) is 19.2 Å². The van der Waals surface area contributed by atoms with Gasteiger partial charge in [-0.3, -0.25) is 0 Å². The van der Waals surface area contributed by atoms with E-state index in [4.69, 9.17) is 32.7 Å². The van der Waals surface area contributed by atoms with Crippen molar-refractivity contribution in [1.29, 1.82) is 0 Å². The van der Waals surface area contributed by atoms with Crippen molar-refractivity contribution < 1.29 is 9.47 Å². The van der Waals surface area contributed by atoms with Crippen LogP contribution in [0, 0.1) is 0 Å². The zero-order chi connectivity index (χ0) is 20.8. The quantitative estimate of drug-likeness (QED) is 0.359. The van der Waals surface area contributed by atoms with Gasteiger partial charge in [-0.1, -0.05) is 59.6 Å². The number of hydrogen-bond acceptors (Lipinski definition) is 3. The van der Waals surface area contributed by atoms with Crippen molar-refractivity contribution in [3.05, 3.63) is 91.9 Å². The molecule has 0 aliphatic carbocycles. The number of methoxy groups -OCH3 is 1. The predicted molar refractivity (Wildman–Crippen MR) is 123 cm³/mol. The second-order valence-corrected chi connectivity index (χ2v) is 8.34. The van der Waals surface area contributed by atoms with Gasteiger partial charge in [0.2, 0.25) is 0 Å². The van der Waals surface area contributed by atoms with Gasteiger partial charge < -0.3 is 14.8 Å². The molecular weight excluding hydrogens is 473 g/mol. The van der Waals surface area contributed by atoms with Crippen LogP contribution in [0.15, 0.2) is 65.1 Å². The molecule has 0 aliphatic rings. The highest BCUT2D eigenvalue weighted by Gasteiger charge is 2.14. The lowest BCUT2D eigenvalue weighted by Gasteiger charge is -2.17. The van der Waals surface area contributed by atoms with E-state index in [1.165, 1.54) is 5.56 Å². The van der Waals surface area contributed by atoms with Crippen molar-refractivity contribution in [2.45, 2.75) is 26.1 Å². The van der Waals surface area contributed by atoms with Crippen LogP contribution in [0.5, 0.6) is 11.5 Å². The summed E-state index contributed by atoms with van der Waals surface area (Å²) in [6.07, 6.45) is 0. The van der Waals surface area contributed by atoms with E-state index in [2.05, 4.69) is 40.3 Å². The number of benzene rings is 3. The first-order valence-corrected chi connectivity index (χ1v) is 10.7. The topological polar surface area (TPSA) is 30.5 Å². The van der Waals surface area contributed by atoms with Crippen molar-refractivity contribution >= 4 is 39.1 Å². The van der Waals surface area contributed by atoms with Gasteiger partial charge in [0.15, 0.2) is 11.5 Å². The number of nitrogens with one attached hydrogen (secondary N) is 1. The monoisotopic (exact) mass is 493 g/mol. The molecule has 0 fully saturated rings. The highest BCUT2D eigenvalue weighted by Crippen LogP contribution is 2.37. The minimum atomic E-state index is 0.240. The maximum absolute atomic E-state index is 6.24. The SMILES string of the molecule is COc1cc(CNC(C)c2ccccc2)cc(Br)c1OCc1ccc(Cl)cc1Cl. The number of hydrogen-bond donors (Lipinski definition) is 1. The standard InChI is InChI=1S/C23H22BrCl2NO2/c1-15(17-6-4-3-5-7-17)27-13-16-10-20(24)23(22(11-16)28-2)29-14-18-8-9-19(25)12-21(18)26/h3-12,15,27H,13-14H2,1-2H3. The first-order chi connectivity index (χ1) is 14.0. The van der Waals surface area contributed by atoms with Gasteiger partial charge in [0.25, 0.3) is 0 Å². The van der Waals surface area contributed by atoms with E-state index in [9.17, 15) is 0 Å². The molecule has 3 rings (SSSR count). The Morgan fingerprint density at radius 1 is 1.03 bits per heavy atom. The minimum absolute atomic E-state index is 0.240. The molecule has 0 aliphatic heterocycles. The van der Waals surface area contributed by atoms with Crippen molar-refractivity contribution in [1.82, 2.24) is 5.32 Å². The van der Waals surface area contributed by atoms with Crippen LogP contribution < -0.4 is 14.8 Å². The molecule has 3 aromatic carbocycles. The maximum Gasteiger partial charge on any atom is 0.175 e. The number of halogens is 3. The summed E-state index contributed by atoms with van der Waals surface area (Å²) >= 11 is 15.8. The normalized spacial score (nSPS) is 11.9. The fraction of sp³-hybridized carbons (Fsp3) is 0.217. The summed E-state index contributed by atoms with van der Waals surface area (Å²) in [6, 6.07) is 20.0. The van der Waals surface area contributed by atoms with Crippen molar-refractivity contribution in [3.8, 4) is 11.5 Å². The highest BCUT2D eigenvalue weighted by molar-refractivity contribution is 9.10. The third-order valence-electron chi connectivity index (χ3n) is 4.59. The van der Waals surface area contributed by atoms with Gasteiger partial charge in [-0.15, -0.1) is 0 Å². The van der Waals surface area contributed by atoms with Gasteiger partial charge >= 0.3 is 0 Å². The van der Waals surface area contributed by atoms with E-state index in [0.29, 0.717) is 34.7 Å². The lowest BCUT2D eigenvalue weighted by Crippen LogP contribution is -2.18. The van der Waals surface area contributed by atoms with Gasteiger partial charge in [0.1, 0.15) is 6.61 Å². The van der Waals surface area contributed by atoms with Crippen LogP contribution in [0.3, 0.4) is 0 Å². The fourth-order valence-electron chi connectivity index (χ4n) is 2.93. The van der Waals surface area contributed by atoms with Gasteiger partial charge in [-0.25, -0.2) is 0 Å². The lowest BCUT2D eigenvalue weighted by atomic mass is 10.1. The average molecular weight is 495 g/mol. The van der Waals surface area contributed by atoms with Crippen molar-refractivity contribution in [3.63, 3.8) is 0 Å². The van der Waals surface area contributed by atoms with Crippen molar-refractivity contribution in [2.24, 2.45) is 0 Å². The molecule has 0 bridgehead atoms. The van der Waals surface area contributed by atoms with Crippen LogP contribution in [0.1, 0.15) is 29.7 Å². The van der Waals surface area contributed by atoms with Crippen LogP contribution in [-0.4, -0.2) is 7.11 Å². The van der Waals surface area contributed by atoms with E-state index >= 15 is 0 Å². The molecule has 0 saturated heterocycles. The molecular formula is C23H22BrCl2NO2. The zero-order valence-electron chi connectivity index (χ0n) is 16.2. The van der Waals surface area contributed by atoms with E-state index in [-0.39, 0.29) is 6.04 Å². The Kier molecular flexibility index (Phi) is 7.84. The number of ether oxygens (including phenoxy) is 2. The Bertz CT molecular complexity index is 967. The summed E-state index contributed by atoms with van der Waals surface area (Å²) in [5, 5.41) is 4.71. The Balaban J connectivity index is 1.70. The van der Waals surface area contributed by atoms with Crippen LogP contribution in [0.25, 0.3) is 0 Å². The van der Waals surface area contributed by atoms with Gasteiger partial charge in [0, 0.05) is 28.2 Å². The first kappa shape index (κ1) is 22.0. The molecule has 6 heteroatoms. The zero-order valence-corrected chi connectivity index (χ0v) is 19.3. The molecule has 3 aromatic rings. The largest absolute Gasteiger partial charge is 0.493 e. The van der Waals surface area contributed by atoms with Crippen LogP contribution in [0.2, 0.25) is 10.0 Å². The molecule has 0 saturated carbocycles. The average Bonchev–Trinajstić information content (AvgIpc) is 2.72. The Labute approximate surface area is 190 Å². The summed E-state index contributed by atoms with van der Waals surface area (Å²) in [6.45, 7) is 3.16. The second-order valence-electron chi connectivity index (χ2n) is 6.65. The van der Waals surface area contributed by atoms with Crippen molar-refractivity contribution in [2.75, 3.05) is 7.11 Å². The molecule has 0 amide bonds. The fourth-order valence-corrected chi connectivity index (χ4v) is 4.00. The van der Waals surface area contributed by atoms with Gasteiger partial charge in [0.05, 0.1) is 11.6 Å². The third kappa shape index (κ3) is 5.89. The van der Waals surface area contributed by atoms with E-state index < -0.39 is 0 Å². The molecule has 0 radical (unpaired) electrons. The van der Waals surface area contributed by atoms with Crippen LogP contribution in [-0.2, 0) is 13.2 Å². The third-order valence-corrected chi connectivity index (χ3v) is 5.76. The molecule has 152 valence electrons. The summed E-state index contributed by atoms with van der Waals surface area (Å²) in [7, 11) is 1.63. The highest BCUT2D eigenvalue weighted by atomic mass is 79.9. The first-order valence-electron chi connectivity index (χ1n) is 9.19. The predicted octanol–water partition coefficient (Wildman–Crippen LogP) is 7.19. The lowest BCUT2D eigenvalue weighted by molar-refractivity contribution is 0.282. The molecule has 0 heterocycles. The van der Waals surface area contributed by atoms with Gasteiger partial charge in [-0.05, 0) is 58.2 Å². The summed E-state index contributed by atoms with van der Waals surface area (Å²) in [4.78, 5) is 0. The smallest absolute Gasteiger partial charge is 0.175 e. The second kappa shape index (κ2) is 10.4. The van der Waals surface area contributed by atoms with Gasteiger partial charge in [-0.2, -0.15) is 0 Å². The number of rotatable bonds is 8. The molecule has 3 nitrogen and oxygen atoms in total. The maximum atomic E-state index is 6.24. The minimum Gasteiger partial charge on any atom is -0.493 e. The molecule has 29 heavy (non-hydrogen) atoms. The molecule has 1 N–H and O–H groups in total. The molecule has 0 spiro atoms. The van der Waals surface area contributed by atoms with E-state index in [1.807, 2.05) is 36.4 Å². The van der Waals surface area contributed by atoms with E-state index in [0.717, 1.165) is 15.6 Å². The molecule has 1 unspecified atom stereocenters. The molecule has 1 atom stereocenters. The van der Waals surface area contributed by atoms with Crippen LogP contribution in [0.4, 0.5) is 0 Å². The Morgan fingerprint density at radius 3 is 2.48 bits per heavy atom. The Hall–Kier alpha value is -1.72. The summed E-state index contributed by atoms with van der Waals surface area (Å²) < 4.78 is 12.4. The Morgan fingerprint density at radius 2 is 1.79 bits per heavy atom. The van der Waals surface area contributed by atoms with Crippen LogP contribution >= 0.6 is 39.1 Å². The summed E-state index contributed by atoms with van der Waals surface area (Å²) in [5.41, 5.74) is 3.19. The molecule has 0 aromatic heterocycles. The summed E-state index contributed by atoms with van der Waals surface area (Å²) in [5.74, 6) is 1.30.